The Morgan fingerprint density at radius 1 is 1.28 bits per heavy atom. The van der Waals surface area contributed by atoms with Crippen molar-refractivity contribution in [1.82, 2.24) is 0 Å². The predicted octanol–water partition coefficient (Wildman–Crippen LogP) is 3.37. The van der Waals surface area contributed by atoms with Gasteiger partial charge in [-0.15, -0.1) is 13.2 Å². The zero-order chi connectivity index (χ0) is 13.8. The first kappa shape index (κ1) is 14.7. The molecule has 0 amide bonds. The van der Waals surface area contributed by atoms with Crippen molar-refractivity contribution in [3.05, 3.63) is 24.3 Å². The summed E-state index contributed by atoms with van der Waals surface area (Å²) in [6, 6.07) is 5.63. The third-order valence-corrected chi connectivity index (χ3v) is 2.94. The van der Waals surface area contributed by atoms with Crippen molar-refractivity contribution >= 4 is 22.6 Å². The smallest absolute Gasteiger partial charge is 0.406 e. The van der Waals surface area contributed by atoms with Gasteiger partial charge in [0.1, 0.15) is 5.75 Å². The van der Waals surface area contributed by atoms with E-state index in [4.69, 9.17) is 0 Å². The van der Waals surface area contributed by atoms with Gasteiger partial charge in [-0.3, -0.25) is 4.99 Å². The Morgan fingerprint density at radius 3 is 2.22 bits per heavy atom. The van der Waals surface area contributed by atoms with Crippen molar-refractivity contribution in [2.45, 2.75) is 6.36 Å². The van der Waals surface area contributed by atoms with E-state index in [1.165, 1.54) is 23.9 Å². The predicted molar refractivity (Wildman–Crippen MR) is 68.4 cm³/mol. The van der Waals surface area contributed by atoms with Crippen LogP contribution in [0.5, 0.6) is 5.75 Å². The van der Waals surface area contributed by atoms with E-state index < -0.39 is 6.36 Å². The minimum Gasteiger partial charge on any atom is -0.406 e. The van der Waals surface area contributed by atoms with Crippen LogP contribution in [-0.4, -0.2) is 31.9 Å². The van der Waals surface area contributed by atoms with Gasteiger partial charge in [0.05, 0.1) is 0 Å². The molecule has 0 atom stereocenters. The van der Waals surface area contributed by atoms with Gasteiger partial charge in [0.25, 0.3) is 0 Å². The lowest BCUT2D eigenvalue weighted by molar-refractivity contribution is -0.274. The Morgan fingerprint density at radius 2 is 1.83 bits per heavy atom. The van der Waals surface area contributed by atoms with Crippen molar-refractivity contribution in [2.75, 3.05) is 25.3 Å². The maximum atomic E-state index is 12.0. The minimum absolute atomic E-state index is 0.237. The highest BCUT2D eigenvalue weighted by Gasteiger charge is 2.31. The summed E-state index contributed by atoms with van der Waals surface area (Å²) in [5.41, 5.74) is 0.736. The fraction of sp³-hybridized carbons (Fsp3) is 0.364. The summed E-state index contributed by atoms with van der Waals surface area (Å²) in [6.07, 6.45) is -2.79. The van der Waals surface area contributed by atoms with E-state index in [1.807, 2.05) is 6.26 Å². The van der Waals surface area contributed by atoms with Crippen molar-refractivity contribution < 1.29 is 17.9 Å². The average molecular weight is 278 g/mol. The van der Waals surface area contributed by atoms with E-state index in [0.717, 1.165) is 10.9 Å². The van der Waals surface area contributed by atoms with E-state index in [-0.39, 0.29) is 5.75 Å². The Balaban J connectivity index is 2.83. The first-order valence-corrected chi connectivity index (χ1v) is 6.20. The molecule has 0 aliphatic carbocycles. The monoisotopic (exact) mass is 278 g/mol. The number of benzene rings is 1. The quantitative estimate of drug-likeness (QED) is 0.612. The zero-order valence-electron chi connectivity index (χ0n) is 10.2. The molecule has 0 aliphatic rings. The number of anilines is 1. The number of hydrogen-bond acceptors (Lipinski definition) is 3. The van der Waals surface area contributed by atoms with Gasteiger partial charge in [0.15, 0.2) is 5.17 Å². The molecule has 0 N–H and O–H groups in total. The standard InChI is InChI=1S/C11H13F3N2OS/c1-15-10(18-3)16(2)8-4-6-9(7-5-8)17-11(12,13)14/h4-7H,1-3H3/b15-10+. The number of alkyl halides is 3. The lowest BCUT2D eigenvalue weighted by Gasteiger charge is -2.19. The maximum Gasteiger partial charge on any atom is 0.573 e. The highest BCUT2D eigenvalue weighted by atomic mass is 32.2. The molecule has 1 aromatic carbocycles. The van der Waals surface area contributed by atoms with Crippen molar-refractivity contribution in [2.24, 2.45) is 4.99 Å². The summed E-state index contributed by atoms with van der Waals surface area (Å²) in [6.45, 7) is 0. The molecule has 18 heavy (non-hydrogen) atoms. The molecule has 0 spiro atoms. The van der Waals surface area contributed by atoms with E-state index in [2.05, 4.69) is 9.73 Å². The SMILES string of the molecule is C/N=C(/SC)N(C)c1ccc(OC(F)(F)F)cc1. The molecule has 100 valence electrons. The lowest BCUT2D eigenvalue weighted by atomic mass is 10.3. The number of thioether (sulfide) groups is 1. The molecular weight excluding hydrogens is 265 g/mol. The highest BCUT2D eigenvalue weighted by Crippen LogP contribution is 2.25. The molecule has 0 unspecified atom stereocenters. The molecule has 0 saturated carbocycles. The van der Waals surface area contributed by atoms with Crippen LogP contribution in [0.2, 0.25) is 0 Å². The van der Waals surface area contributed by atoms with Gasteiger partial charge in [-0.1, -0.05) is 11.8 Å². The molecule has 3 nitrogen and oxygen atoms in total. The Kier molecular flexibility index (Phi) is 4.89. The molecule has 0 saturated heterocycles. The van der Waals surface area contributed by atoms with Crippen LogP contribution < -0.4 is 9.64 Å². The van der Waals surface area contributed by atoms with Crippen LogP contribution in [0.15, 0.2) is 29.3 Å². The summed E-state index contributed by atoms with van der Waals surface area (Å²) < 4.78 is 39.7. The Labute approximate surface area is 108 Å². The second-order valence-corrected chi connectivity index (χ2v) is 4.08. The first-order chi connectivity index (χ1) is 8.37. The Bertz CT molecular complexity index is 417. The van der Waals surface area contributed by atoms with Crippen LogP contribution in [-0.2, 0) is 0 Å². The number of nitrogens with zero attached hydrogens (tertiary/aromatic N) is 2. The van der Waals surface area contributed by atoms with Crippen LogP contribution in [0.3, 0.4) is 0 Å². The molecule has 0 radical (unpaired) electrons. The third-order valence-electron chi connectivity index (χ3n) is 2.12. The number of rotatable bonds is 2. The summed E-state index contributed by atoms with van der Waals surface area (Å²) in [4.78, 5) is 5.84. The van der Waals surface area contributed by atoms with Gasteiger partial charge in [0, 0.05) is 19.8 Å². The first-order valence-electron chi connectivity index (χ1n) is 4.97. The van der Waals surface area contributed by atoms with Gasteiger partial charge in [-0.2, -0.15) is 0 Å². The van der Waals surface area contributed by atoms with Crippen molar-refractivity contribution in [3.63, 3.8) is 0 Å². The van der Waals surface area contributed by atoms with Crippen LogP contribution >= 0.6 is 11.8 Å². The molecule has 0 heterocycles. The molecule has 1 rings (SSSR count). The van der Waals surface area contributed by atoms with Gasteiger partial charge < -0.3 is 9.64 Å². The number of aliphatic imine (C=N–C) groups is 1. The van der Waals surface area contributed by atoms with Crippen molar-refractivity contribution in [1.29, 1.82) is 0 Å². The fourth-order valence-corrected chi connectivity index (χ4v) is 1.92. The molecule has 7 heteroatoms. The second-order valence-electron chi connectivity index (χ2n) is 3.31. The number of hydrogen-bond donors (Lipinski definition) is 0. The van der Waals surface area contributed by atoms with E-state index in [9.17, 15) is 13.2 Å². The summed E-state index contributed by atoms with van der Waals surface area (Å²) in [5, 5.41) is 0.763. The summed E-state index contributed by atoms with van der Waals surface area (Å²) in [7, 11) is 3.45. The molecular formula is C11H13F3N2OS. The van der Waals surface area contributed by atoms with Crippen LogP contribution in [0, 0.1) is 0 Å². The normalized spacial score (nSPS) is 12.4. The van der Waals surface area contributed by atoms with Gasteiger partial charge in [-0.25, -0.2) is 0 Å². The summed E-state index contributed by atoms with van der Waals surface area (Å²) >= 11 is 1.45. The van der Waals surface area contributed by atoms with Crippen LogP contribution in [0.4, 0.5) is 18.9 Å². The zero-order valence-corrected chi connectivity index (χ0v) is 11.0. The number of ether oxygens (including phenoxy) is 1. The van der Waals surface area contributed by atoms with Crippen molar-refractivity contribution in [3.8, 4) is 5.75 Å². The van der Waals surface area contributed by atoms with Gasteiger partial charge in [0.2, 0.25) is 0 Å². The highest BCUT2D eigenvalue weighted by molar-refractivity contribution is 8.13. The summed E-state index contributed by atoms with van der Waals surface area (Å²) in [5.74, 6) is -0.237. The fourth-order valence-electron chi connectivity index (χ4n) is 1.36. The van der Waals surface area contributed by atoms with Gasteiger partial charge in [-0.05, 0) is 30.5 Å². The molecule has 0 aromatic heterocycles. The average Bonchev–Trinajstić information content (AvgIpc) is 2.29. The number of halogens is 3. The van der Waals surface area contributed by atoms with Crippen LogP contribution in [0.1, 0.15) is 0 Å². The van der Waals surface area contributed by atoms with Crippen LogP contribution in [0.25, 0.3) is 0 Å². The lowest BCUT2D eigenvalue weighted by Crippen LogP contribution is -2.23. The second kappa shape index (κ2) is 5.99. The largest absolute Gasteiger partial charge is 0.573 e. The number of amidine groups is 1. The molecule has 1 aromatic rings. The Hall–Kier alpha value is -1.37. The van der Waals surface area contributed by atoms with E-state index in [1.54, 1.807) is 31.1 Å². The van der Waals surface area contributed by atoms with E-state index >= 15 is 0 Å². The third kappa shape index (κ3) is 4.14. The molecule has 0 fully saturated rings. The molecule has 0 bridgehead atoms. The van der Waals surface area contributed by atoms with Gasteiger partial charge >= 0.3 is 6.36 Å². The topological polar surface area (TPSA) is 24.8 Å². The maximum absolute atomic E-state index is 12.0. The minimum atomic E-state index is -4.66. The van der Waals surface area contributed by atoms with E-state index in [0.29, 0.717) is 0 Å². The molecule has 0 aliphatic heterocycles.